The maximum atomic E-state index is 10.6. The average molecular weight is 466 g/mol. The monoisotopic (exact) mass is 466 g/mol. The van der Waals surface area contributed by atoms with E-state index in [1.165, 1.54) is 11.3 Å². The predicted molar refractivity (Wildman–Crippen MR) is 112 cm³/mol. The first-order valence-electron chi connectivity index (χ1n) is 10.3. The molecule has 0 atom stereocenters. The van der Waals surface area contributed by atoms with Gasteiger partial charge in [-0.1, -0.05) is 0 Å². The van der Waals surface area contributed by atoms with Gasteiger partial charge in [-0.15, -0.1) is 0 Å². The van der Waals surface area contributed by atoms with E-state index in [-0.39, 0.29) is 0 Å². The minimum absolute atomic E-state index is 0.328. The second-order valence-electron chi connectivity index (χ2n) is 7.68. The largest absolute Gasteiger partial charge is 0.490 e. The van der Waals surface area contributed by atoms with Gasteiger partial charge in [0.25, 0.3) is 0 Å². The molecule has 1 aliphatic rings. The van der Waals surface area contributed by atoms with Crippen LogP contribution in [0.5, 0.6) is 0 Å². The number of carboxylic acids is 1. The fourth-order valence-electron chi connectivity index (χ4n) is 3.45. The lowest BCUT2D eigenvalue weighted by Crippen LogP contribution is -2.31. The molecule has 178 valence electrons. The van der Waals surface area contributed by atoms with Crippen molar-refractivity contribution in [1.82, 2.24) is 24.6 Å². The summed E-state index contributed by atoms with van der Waals surface area (Å²) in [5, 5.41) is 15.3. The highest BCUT2D eigenvalue weighted by atomic mass is 19.4. The van der Waals surface area contributed by atoms with E-state index in [0.717, 1.165) is 37.5 Å². The summed E-state index contributed by atoms with van der Waals surface area (Å²) < 4.78 is 39.4. The van der Waals surface area contributed by atoms with Crippen LogP contribution in [0, 0.1) is 0 Å². The number of nitrogens with zero attached hydrogens (tertiary/aromatic N) is 5. The number of aliphatic carboxylic acids is 1. The average Bonchev–Trinajstić information content (AvgIpc) is 3.40. The Kier molecular flexibility index (Phi) is 7.69. The van der Waals surface area contributed by atoms with Crippen molar-refractivity contribution < 1.29 is 27.5 Å². The number of hydrogen-bond acceptors (Lipinski definition) is 7. The zero-order valence-corrected chi connectivity index (χ0v) is 18.2. The molecule has 0 saturated heterocycles. The van der Waals surface area contributed by atoms with Gasteiger partial charge in [0, 0.05) is 37.1 Å². The number of aromatic nitrogens is 4. The molecule has 9 nitrogen and oxygen atoms in total. The van der Waals surface area contributed by atoms with Crippen molar-refractivity contribution in [3.63, 3.8) is 0 Å². The summed E-state index contributed by atoms with van der Waals surface area (Å²) in [4.78, 5) is 19.8. The van der Waals surface area contributed by atoms with E-state index < -0.39 is 12.1 Å². The molecule has 0 amide bonds. The number of fused-ring (bicyclic) bond motifs is 1. The van der Waals surface area contributed by atoms with Crippen LogP contribution in [0.1, 0.15) is 42.6 Å². The number of carboxylic acid groups (broad SMARTS) is 1. The van der Waals surface area contributed by atoms with Crippen LogP contribution in [-0.4, -0.2) is 48.4 Å². The number of furan rings is 1. The second kappa shape index (κ2) is 10.5. The van der Waals surface area contributed by atoms with E-state index in [4.69, 9.17) is 19.4 Å². The molecule has 4 rings (SSSR count). The molecule has 0 aromatic carbocycles. The molecule has 4 heterocycles. The van der Waals surface area contributed by atoms with Gasteiger partial charge in [-0.2, -0.15) is 18.3 Å². The molecule has 0 radical (unpaired) electrons. The van der Waals surface area contributed by atoms with Crippen LogP contribution >= 0.6 is 0 Å². The quantitative estimate of drug-likeness (QED) is 0.567. The van der Waals surface area contributed by atoms with E-state index in [1.807, 2.05) is 18.2 Å². The van der Waals surface area contributed by atoms with Crippen molar-refractivity contribution in [2.75, 3.05) is 11.9 Å². The van der Waals surface area contributed by atoms with Gasteiger partial charge in [0.05, 0.1) is 30.7 Å². The summed E-state index contributed by atoms with van der Waals surface area (Å²) in [6.07, 6.45) is 1.13. The highest BCUT2D eigenvalue weighted by Gasteiger charge is 2.38. The van der Waals surface area contributed by atoms with Crippen LogP contribution in [0.2, 0.25) is 0 Å². The highest BCUT2D eigenvalue weighted by molar-refractivity contribution is 5.73. The third-order valence-electron chi connectivity index (χ3n) is 4.92. The first-order chi connectivity index (χ1) is 15.6. The molecule has 2 N–H and O–H groups in total. The Morgan fingerprint density at radius 3 is 2.55 bits per heavy atom. The first kappa shape index (κ1) is 24.2. The van der Waals surface area contributed by atoms with Crippen molar-refractivity contribution in [1.29, 1.82) is 0 Å². The van der Waals surface area contributed by atoms with E-state index >= 15 is 0 Å². The summed E-state index contributed by atoms with van der Waals surface area (Å²) in [6, 6.07) is 6.12. The highest BCUT2D eigenvalue weighted by Crippen LogP contribution is 2.26. The summed E-state index contributed by atoms with van der Waals surface area (Å²) in [5.74, 6) is -1.12. The maximum absolute atomic E-state index is 10.6. The van der Waals surface area contributed by atoms with E-state index in [1.54, 1.807) is 18.7 Å². The van der Waals surface area contributed by atoms with Crippen LogP contribution < -0.4 is 5.32 Å². The van der Waals surface area contributed by atoms with Crippen molar-refractivity contribution in [2.24, 2.45) is 0 Å². The molecule has 3 aromatic rings. The van der Waals surface area contributed by atoms with Crippen molar-refractivity contribution in [2.45, 2.75) is 52.1 Å². The molecule has 0 fully saturated rings. The minimum atomic E-state index is -5.08. The normalized spacial score (nSPS) is 13.9. The summed E-state index contributed by atoms with van der Waals surface area (Å²) in [7, 11) is 0. The molecular weight excluding hydrogens is 441 g/mol. The predicted octanol–water partition coefficient (Wildman–Crippen LogP) is 3.65. The van der Waals surface area contributed by atoms with Gasteiger partial charge in [-0.25, -0.2) is 14.8 Å². The second-order valence-corrected chi connectivity index (χ2v) is 7.68. The minimum Gasteiger partial charge on any atom is -0.475 e. The Morgan fingerprint density at radius 2 is 1.97 bits per heavy atom. The SMILES string of the molecule is CC(C)n1nc(CNc2ncccn2)c2c1CN(Cc1ccco1)CC2.O=C(O)C(F)(F)F. The summed E-state index contributed by atoms with van der Waals surface area (Å²) in [5.41, 5.74) is 3.76. The van der Waals surface area contributed by atoms with Crippen LogP contribution in [0.4, 0.5) is 19.1 Å². The van der Waals surface area contributed by atoms with Crippen LogP contribution in [0.25, 0.3) is 0 Å². The Morgan fingerprint density at radius 1 is 1.27 bits per heavy atom. The summed E-state index contributed by atoms with van der Waals surface area (Å²) in [6.45, 7) is 7.73. The topological polar surface area (TPSA) is 109 Å². The Bertz CT molecular complexity index is 1040. The van der Waals surface area contributed by atoms with Crippen molar-refractivity contribution >= 4 is 11.9 Å². The first-order valence-corrected chi connectivity index (χ1v) is 10.3. The lowest BCUT2D eigenvalue weighted by molar-refractivity contribution is -0.192. The molecule has 0 bridgehead atoms. The zero-order chi connectivity index (χ0) is 24.0. The molecule has 0 spiro atoms. The number of carbonyl (C=O) groups is 1. The number of nitrogens with one attached hydrogen (secondary N) is 1. The molecule has 0 saturated carbocycles. The Balaban J connectivity index is 0.000000383. The fraction of sp³-hybridized carbons (Fsp3) is 0.429. The van der Waals surface area contributed by atoms with Crippen LogP contribution in [0.3, 0.4) is 0 Å². The van der Waals surface area contributed by atoms with Gasteiger partial charge in [0.15, 0.2) is 0 Å². The van der Waals surface area contributed by atoms with Crippen molar-refractivity contribution in [3.05, 3.63) is 59.6 Å². The van der Waals surface area contributed by atoms with Gasteiger partial charge in [0.2, 0.25) is 5.95 Å². The van der Waals surface area contributed by atoms with E-state index in [2.05, 4.69) is 38.7 Å². The van der Waals surface area contributed by atoms with Gasteiger partial charge in [-0.05, 0) is 38.5 Å². The summed E-state index contributed by atoms with van der Waals surface area (Å²) >= 11 is 0. The number of halogens is 3. The van der Waals surface area contributed by atoms with Gasteiger partial charge >= 0.3 is 12.1 Å². The molecule has 1 aliphatic heterocycles. The van der Waals surface area contributed by atoms with Gasteiger partial charge in [-0.3, -0.25) is 9.58 Å². The Hall–Kier alpha value is -3.41. The van der Waals surface area contributed by atoms with Crippen LogP contribution in [-0.2, 0) is 30.8 Å². The number of anilines is 1. The molecule has 12 heteroatoms. The smallest absolute Gasteiger partial charge is 0.475 e. The molecule has 33 heavy (non-hydrogen) atoms. The van der Waals surface area contributed by atoms with E-state index in [9.17, 15) is 13.2 Å². The molecule has 0 unspecified atom stereocenters. The lowest BCUT2D eigenvalue weighted by Gasteiger charge is -2.27. The standard InChI is InChI=1S/C19H24N6O.C2HF3O2/c1-14(2)25-18-13-24(12-15-5-3-10-26-15)9-6-16(18)17(23-25)11-22-19-20-7-4-8-21-19;3-2(4,5)1(6)7/h3-5,7-8,10,14H,6,9,11-13H2,1-2H3,(H,20,21,22);(H,6,7). The van der Waals surface area contributed by atoms with Gasteiger partial charge < -0.3 is 14.8 Å². The molecule has 0 aliphatic carbocycles. The third-order valence-corrected chi connectivity index (χ3v) is 4.92. The van der Waals surface area contributed by atoms with Crippen molar-refractivity contribution in [3.8, 4) is 0 Å². The lowest BCUT2D eigenvalue weighted by atomic mass is 10.0. The number of rotatable bonds is 6. The molecular formula is C21H25F3N6O3. The van der Waals surface area contributed by atoms with Crippen LogP contribution in [0.15, 0.2) is 41.3 Å². The zero-order valence-electron chi connectivity index (χ0n) is 18.2. The number of hydrogen-bond donors (Lipinski definition) is 2. The third kappa shape index (κ3) is 6.54. The van der Waals surface area contributed by atoms with Gasteiger partial charge in [0.1, 0.15) is 5.76 Å². The number of alkyl halides is 3. The molecule has 3 aromatic heterocycles. The maximum Gasteiger partial charge on any atom is 0.490 e. The fourth-order valence-corrected chi connectivity index (χ4v) is 3.45. The Labute approximate surface area is 188 Å². The van der Waals surface area contributed by atoms with E-state index in [0.29, 0.717) is 18.5 Å².